The largest absolute Gasteiger partial charge is 0.387 e. The van der Waals surface area contributed by atoms with Crippen molar-refractivity contribution in [3.05, 3.63) is 34.6 Å². The van der Waals surface area contributed by atoms with Crippen LogP contribution in [-0.4, -0.2) is 17.7 Å². The van der Waals surface area contributed by atoms with Gasteiger partial charge in [0.15, 0.2) is 0 Å². The average molecular weight is 230 g/mol. The van der Waals surface area contributed by atoms with Gasteiger partial charge in [0, 0.05) is 16.6 Å². The van der Waals surface area contributed by atoms with Gasteiger partial charge >= 0.3 is 0 Å². The van der Waals surface area contributed by atoms with Gasteiger partial charge in [0.2, 0.25) is 0 Å². The molecule has 15 heavy (non-hydrogen) atoms. The standard InChI is InChI=1S/C11H13ClFNO/c12-7-3-1-4-8(13)10(7)11(15)9-5-2-6-14-9/h1,3-4,9,11,14-15H,2,5-6H2. The number of rotatable bonds is 2. The minimum absolute atomic E-state index is 0.0839. The molecule has 0 aromatic heterocycles. The first kappa shape index (κ1) is 10.9. The van der Waals surface area contributed by atoms with E-state index in [0.29, 0.717) is 0 Å². The summed E-state index contributed by atoms with van der Waals surface area (Å²) in [7, 11) is 0. The van der Waals surface area contributed by atoms with E-state index >= 15 is 0 Å². The first-order chi connectivity index (χ1) is 7.20. The van der Waals surface area contributed by atoms with Crippen molar-refractivity contribution in [2.24, 2.45) is 0 Å². The molecule has 0 bridgehead atoms. The zero-order chi connectivity index (χ0) is 10.8. The maximum absolute atomic E-state index is 13.5. The van der Waals surface area contributed by atoms with Gasteiger partial charge in [-0.3, -0.25) is 0 Å². The lowest BCUT2D eigenvalue weighted by atomic mass is 10.0. The quantitative estimate of drug-likeness (QED) is 0.816. The third kappa shape index (κ3) is 2.14. The first-order valence-corrected chi connectivity index (χ1v) is 5.43. The first-order valence-electron chi connectivity index (χ1n) is 5.05. The molecule has 2 rings (SSSR count). The molecule has 1 aromatic carbocycles. The molecule has 0 aliphatic carbocycles. The number of benzene rings is 1. The number of aliphatic hydroxyl groups excluding tert-OH is 1. The van der Waals surface area contributed by atoms with E-state index in [9.17, 15) is 9.50 Å². The fourth-order valence-electron chi connectivity index (χ4n) is 1.98. The van der Waals surface area contributed by atoms with E-state index in [4.69, 9.17) is 11.6 Å². The third-order valence-corrected chi connectivity index (χ3v) is 3.10. The van der Waals surface area contributed by atoms with Crippen molar-refractivity contribution >= 4 is 11.6 Å². The molecule has 4 heteroatoms. The summed E-state index contributed by atoms with van der Waals surface area (Å²) in [5.41, 5.74) is 0.207. The molecule has 2 unspecified atom stereocenters. The lowest BCUT2D eigenvalue weighted by Crippen LogP contribution is -2.29. The van der Waals surface area contributed by atoms with Crippen LogP contribution in [0.3, 0.4) is 0 Å². The molecule has 82 valence electrons. The van der Waals surface area contributed by atoms with Gasteiger partial charge in [-0.2, -0.15) is 0 Å². The van der Waals surface area contributed by atoms with E-state index in [0.717, 1.165) is 19.4 Å². The maximum Gasteiger partial charge on any atom is 0.130 e. The maximum atomic E-state index is 13.5. The molecule has 1 saturated heterocycles. The second kappa shape index (κ2) is 4.47. The Morgan fingerprint density at radius 2 is 2.33 bits per heavy atom. The Morgan fingerprint density at radius 3 is 2.93 bits per heavy atom. The Kier molecular flexibility index (Phi) is 3.24. The van der Waals surface area contributed by atoms with Gasteiger partial charge in [0.25, 0.3) is 0 Å². The Bertz CT molecular complexity index is 332. The zero-order valence-electron chi connectivity index (χ0n) is 8.21. The number of halogens is 2. The smallest absolute Gasteiger partial charge is 0.130 e. The lowest BCUT2D eigenvalue weighted by molar-refractivity contribution is 0.133. The Balaban J connectivity index is 2.27. The second-order valence-corrected chi connectivity index (χ2v) is 4.19. The normalized spacial score (nSPS) is 23.0. The highest BCUT2D eigenvalue weighted by molar-refractivity contribution is 6.31. The summed E-state index contributed by atoms with van der Waals surface area (Å²) in [6, 6.07) is 4.37. The summed E-state index contributed by atoms with van der Waals surface area (Å²) in [5, 5.41) is 13.4. The summed E-state index contributed by atoms with van der Waals surface area (Å²) in [5.74, 6) is -0.441. The zero-order valence-corrected chi connectivity index (χ0v) is 8.97. The number of hydrogen-bond acceptors (Lipinski definition) is 2. The molecule has 2 atom stereocenters. The van der Waals surface area contributed by atoms with Crippen LogP contribution < -0.4 is 5.32 Å². The van der Waals surface area contributed by atoms with Crippen LogP contribution in [0.25, 0.3) is 0 Å². The van der Waals surface area contributed by atoms with Crippen molar-refractivity contribution in [3.8, 4) is 0 Å². The van der Waals surface area contributed by atoms with Crippen LogP contribution >= 0.6 is 11.6 Å². The van der Waals surface area contributed by atoms with E-state index in [1.165, 1.54) is 12.1 Å². The summed E-state index contributed by atoms with van der Waals surface area (Å²) >= 11 is 5.88. The van der Waals surface area contributed by atoms with Gasteiger partial charge in [-0.05, 0) is 31.5 Å². The molecule has 0 radical (unpaired) electrons. The summed E-state index contributed by atoms with van der Waals surface area (Å²) < 4.78 is 13.5. The minimum atomic E-state index is -0.860. The van der Waals surface area contributed by atoms with Gasteiger partial charge in [-0.15, -0.1) is 0 Å². The van der Waals surface area contributed by atoms with Crippen LogP contribution in [0.1, 0.15) is 24.5 Å². The molecule has 1 heterocycles. The molecular weight excluding hydrogens is 217 g/mol. The van der Waals surface area contributed by atoms with Crippen molar-refractivity contribution in [1.29, 1.82) is 0 Å². The molecule has 1 aliphatic rings. The van der Waals surface area contributed by atoms with Gasteiger partial charge < -0.3 is 10.4 Å². The molecule has 2 nitrogen and oxygen atoms in total. The highest BCUT2D eigenvalue weighted by Gasteiger charge is 2.27. The Morgan fingerprint density at radius 1 is 1.53 bits per heavy atom. The van der Waals surface area contributed by atoms with Crippen LogP contribution in [0.2, 0.25) is 5.02 Å². The van der Waals surface area contributed by atoms with Gasteiger partial charge in [-0.1, -0.05) is 17.7 Å². The lowest BCUT2D eigenvalue weighted by Gasteiger charge is -2.20. The summed E-state index contributed by atoms with van der Waals surface area (Å²) in [6.45, 7) is 0.869. The Labute approximate surface area is 93.1 Å². The molecular formula is C11H13ClFNO. The molecule has 0 amide bonds. The highest BCUT2D eigenvalue weighted by Crippen LogP contribution is 2.30. The summed E-state index contributed by atoms with van der Waals surface area (Å²) in [4.78, 5) is 0. The molecule has 1 aliphatic heterocycles. The number of nitrogens with one attached hydrogen (secondary N) is 1. The van der Waals surface area contributed by atoms with Crippen LogP contribution in [0.15, 0.2) is 18.2 Å². The fourth-order valence-corrected chi connectivity index (χ4v) is 2.25. The van der Waals surface area contributed by atoms with Gasteiger partial charge in [0.05, 0.1) is 6.10 Å². The van der Waals surface area contributed by atoms with Crippen molar-refractivity contribution in [2.45, 2.75) is 25.0 Å². The number of hydrogen-bond donors (Lipinski definition) is 2. The topological polar surface area (TPSA) is 32.3 Å². The van der Waals surface area contributed by atoms with Crippen LogP contribution in [-0.2, 0) is 0 Å². The molecule has 1 fully saturated rings. The average Bonchev–Trinajstić information content (AvgIpc) is 2.69. The predicted octanol–water partition coefficient (Wildman–Crippen LogP) is 2.26. The van der Waals surface area contributed by atoms with Crippen LogP contribution in [0.5, 0.6) is 0 Å². The van der Waals surface area contributed by atoms with Crippen molar-refractivity contribution in [2.75, 3.05) is 6.54 Å². The molecule has 0 spiro atoms. The number of aliphatic hydroxyl groups is 1. The van der Waals surface area contributed by atoms with Crippen LogP contribution in [0.4, 0.5) is 4.39 Å². The van der Waals surface area contributed by atoms with E-state index in [1.807, 2.05) is 0 Å². The second-order valence-electron chi connectivity index (χ2n) is 3.78. The minimum Gasteiger partial charge on any atom is -0.387 e. The van der Waals surface area contributed by atoms with Gasteiger partial charge in [-0.25, -0.2) is 4.39 Å². The SMILES string of the molecule is OC(c1c(F)cccc1Cl)C1CCCN1. The summed E-state index contributed by atoms with van der Waals surface area (Å²) in [6.07, 6.45) is 1.00. The highest BCUT2D eigenvalue weighted by atomic mass is 35.5. The molecule has 0 saturated carbocycles. The third-order valence-electron chi connectivity index (χ3n) is 2.78. The van der Waals surface area contributed by atoms with E-state index in [1.54, 1.807) is 6.07 Å². The van der Waals surface area contributed by atoms with Gasteiger partial charge in [0.1, 0.15) is 5.82 Å². The van der Waals surface area contributed by atoms with E-state index in [-0.39, 0.29) is 16.6 Å². The Hall–Kier alpha value is -0.640. The van der Waals surface area contributed by atoms with E-state index < -0.39 is 11.9 Å². The van der Waals surface area contributed by atoms with E-state index in [2.05, 4.69) is 5.32 Å². The molecule has 1 aromatic rings. The fraction of sp³-hybridized carbons (Fsp3) is 0.455. The van der Waals surface area contributed by atoms with Crippen molar-refractivity contribution in [1.82, 2.24) is 5.32 Å². The van der Waals surface area contributed by atoms with Crippen molar-refractivity contribution < 1.29 is 9.50 Å². The monoisotopic (exact) mass is 229 g/mol. The van der Waals surface area contributed by atoms with Crippen LogP contribution in [0, 0.1) is 5.82 Å². The molecule has 2 N–H and O–H groups in total. The van der Waals surface area contributed by atoms with Crippen molar-refractivity contribution in [3.63, 3.8) is 0 Å². The predicted molar refractivity (Wildman–Crippen MR) is 57.4 cm³/mol.